The summed E-state index contributed by atoms with van der Waals surface area (Å²) in [6.45, 7) is 0.132. The highest BCUT2D eigenvalue weighted by molar-refractivity contribution is 9.10. The van der Waals surface area contributed by atoms with E-state index < -0.39 is 11.9 Å². The number of benzene rings is 2. The minimum atomic E-state index is -1.24. The Kier molecular flexibility index (Phi) is 4.52. The molecule has 0 radical (unpaired) electrons. The average molecular weight is 390 g/mol. The van der Waals surface area contributed by atoms with E-state index in [-0.39, 0.29) is 12.5 Å². The van der Waals surface area contributed by atoms with Crippen molar-refractivity contribution >= 4 is 33.9 Å². The quantitative estimate of drug-likeness (QED) is 0.785. The summed E-state index contributed by atoms with van der Waals surface area (Å²) in [5.74, 6) is -0.628. The van der Waals surface area contributed by atoms with Crippen LogP contribution in [0, 0.1) is 0 Å². The fourth-order valence-electron chi connectivity index (χ4n) is 2.16. The lowest BCUT2D eigenvalue weighted by Crippen LogP contribution is -2.27. The van der Waals surface area contributed by atoms with Gasteiger partial charge in [0.1, 0.15) is 5.70 Å². The predicted octanol–water partition coefficient (Wildman–Crippen LogP) is 3.03. The molecule has 0 spiro atoms. The Morgan fingerprint density at radius 1 is 1.12 bits per heavy atom. The lowest BCUT2D eigenvalue weighted by molar-refractivity contribution is -0.132. The van der Waals surface area contributed by atoms with Crippen molar-refractivity contribution in [2.75, 3.05) is 6.79 Å². The fourth-order valence-corrected chi connectivity index (χ4v) is 2.62. The van der Waals surface area contributed by atoms with Crippen LogP contribution < -0.4 is 14.8 Å². The molecule has 0 saturated heterocycles. The second kappa shape index (κ2) is 6.76. The van der Waals surface area contributed by atoms with Crippen molar-refractivity contribution in [1.82, 2.24) is 5.32 Å². The first-order valence-electron chi connectivity index (χ1n) is 6.95. The van der Waals surface area contributed by atoms with Crippen molar-refractivity contribution in [3.05, 3.63) is 63.8 Å². The third kappa shape index (κ3) is 3.41. The van der Waals surface area contributed by atoms with Crippen molar-refractivity contribution in [3.63, 3.8) is 0 Å². The number of carboxylic acid groups (broad SMARTS) is 1. The number of fused-ring (bicyclic) bond motifs is 1. The smallest absolute Gasteiger partial charge is 0.352 e. The zero-order valence-electron chi connectivity index (χ0n) is 12.3. The molecule has 0 atom stereocenters. The molecule has 1 aliphatic rings. The molecule has 0 fully saturated rings. The first-order valence-corrected chi connectivity index (χ1v) is 7.74. The Labute approximate surface area is 145 Å². The number of hydrogen-bond acceptors (Lipinski definition) is 4. The van der Waals surface area contributed by atoms with Crippen LogP contribution in [0.5, 0.6) is 11.5 Å². The number of aliphatic carboxylic acids is 1. The number of carbonyl (C=O) groups excluding carboxylic acids is 1. The standard InChI is InChI=1S/C17H12BrNO5/c18-12-4-2-1-3-11(12)16(20)19-13(17(21)22)7-10-5-6-14-15(8-10)24-9-23-14/h1-8H,9H2,(H,19,20)(H,21,22). The van der Waals surface area contributed by atoms with Crippen LogP contribution in [-0.4, -0.2) is 23.8 Å². The van der Waals surface area contributed by atoms with E-state index in [2.05, 4.69) is 21.2 Å². The maximum atomic E-state index is 12.3. The van der Waals surface area contributed by atoms with Crippen molar-refractivity contribution < 1.29 is 24.2 Å². The molecule has 7 heteroatoms. The molecule has 0 aliphatic carbocycles. The summed E-state index contributed by atoms with van der Waals surface area (Å²) in [6, 6.07) is 11.8. The summed E-state index contributed by atoms with van der Waals surface area (Å²) < 4.78 is 11.0. The van der Waals surface area contributed by atoms with Gasteiger partial charge in [-0.1, -0.05) is 18.2 Å². The molecule has 2 aromatic rings. The third-order valence-electron chi connectivity index (χ3n) is 3.30. The maximum Gasteiger partial charge on any atom is 0.352 e. The van der Waals surface area contributed by atoms with Gasteiger partial charge in [0, 0.05) is 4.47 Å². The molecule has 1 amide bonds. The van der Waals surface area contributed by atoms with Gasteiger partial charge in [-0.2, -0.15) is 0 Å². The third-order valence-corrected chi connectivity index (χ3v) is 4.00. The van der Waals surface area contributed by atoms with Crippen molar-refractivity contribution in [3.8, 4) is 11.5 Å². The van der Waals surface area contributed by atoms with E-state index in [1.165, 1.54) is 6.08 Å². The van der Waals surface area contributed by atoms with Crippen molar-refractivity contribution in [2.45, 2.75) is 0 Å². The fraction of sp³-hybridized carbons (Fsp3) is 0.0588. The molecule has 1 aliphatic heterocycles. The van der Waals surface area contributed by atoms with E-state index in [9.17, 15) is 14.7 Å². The summed E-state index contributed by atoms with van der Waals surface area (Å²) in [5.41, 5.74) is 0.675. The number of ether oxygens (including phenoxy) is 2. The van der Waals surface area contributed by atoms with Gasteiger partial charge in [-0.15, -0.1) is 0 Å². The lowest BCUT2D eigenvalue weighted by atomic mass is 10.1. The Balaban J connectivity index is 1.86. The molecule has 3 rings (SSSR count). The summed E-state index contributed by atoms with van der Waals surface area (Å²) in [7, 11) is 0. The molecule has 122 valence electrons. The second-order valence-electron chi connectivity index (χ2n) is 4.91. The normalized spacial score (nSPS) is 12.8. The molecule has 0 saturated carbocycles. The summed E-state index contributed by atoms with van der Waals surface area (Å²) in [5, 5.41) is 11.8. The molecular weight excluding hydrogens is 378 g/mol. The first-order chi connectivity index (χ1) is 11.5. The molecule has 24 heavy (non-hydrogen) atoms. The highest BCUT2D eigenvalue weighted by Crippen LogP contribution is 2.33. The molecule has 0 unspecified atom stereocenters. The monoisotopic (exact) mass is 389 g/mol. The number of hydrogen-bond donors (Lipinski definition) is 2. The number of rotatable bonds is 4. The van der Waals surface area contributed by atoms with Gasteiger partial charge in [0.15, 0.2) is 11.5 Å². The summed E-state index contributed by atoms with van der Waals surface area (Å²) in [6.07, 6.45) is 1.36. The minimum Gasteiger partial charge on any atom is -0.477 e. The molecule has 1 heterocycles. The van der Waals surface area contributed by atoms with Gasteiger partial charge >= 0.3 is 5.97 Å². The number of halogens is 1. The maximum absolute atomic E-state index is 12.3. The minimum absolute atomic E-state index is 0.132. The molecule has 2 N–H and O–H groups in total. The Morgan fingerprint density at radius 3 is 2.62 bits per heavy atom. The molecular formula is C17H12BrNO5. The van der Waals surface area contributed by atoms with Crippen LogP contribution in [0.25, 0.3) is 6.08 Å². The van der Waals surface area contributed by atoms with Crippen LogP contribution in [0.15, 0.2) is 52.6 Å². The van der Waals surface area contributed by atoms with E-state index in [4.69, 9.17) is 9.47 Å². The van der Waals surface area contributed by atoms with Crippen molar-refractivity contribution in [1.29, 1.82) is 0 Å². The zero-order chi connectivity index (χ0) is 17.1. The van der Waals surface area contributed by atoms with Gasteiger partial charge in [0.2, 0.25) is 6.79 Å². The number of nitrogens with one attached hydrogen (secondary N) is 1. The van der Waals surface area contributed by atoms with Gasteiger partial charge in [0.25, 0.3) is 5.91 Å². The number of carbonyl (C=O) groups is 2. The highest BCUT2D eigenvalue weighted by atomic mass is 79.9. The van der Waals surface area contributed by atoms with E-state index in [0.29, 0.717) is 27.1 Å². The van der Waals surface area contributed by atoms with Crippen molar-refractivity contribution in [2.24, 2.45) is 0 Å². The van der Waals surface area contributed by atoms with Crippen LogP contribution in [0.1, 0.15) is 15.9 Å². The van der Waals surface area contributed by atoms with E-state index >= 15 is 0 Å². The van der Waals surface area contributed by atoms with Gasteiger partial charge < -0.3 is 19.9 Å². The Morgan fingerprint density at radius 2 is 1.88 bits per heavy atom. The van der Waals surface area contributed by atoms with Gasteiger partial charge in [-0.25, -0.2) is 4.79 Å². The molecule has 6 nitrogen and oxygen atoms in total. The average Bonchev–Trinajstić information content (AvgIpc) is 3.02. The SMILES string of the molecule is O=C(O)C(=Cc1ccc2c(c1)OCO2)NC(=O)c1ccccc1Br. The van der Waals surface area contributed by atoms with E-state index in [0.717, 1.165) is 0 Å². The number of carboxylic acids is 1. The van der Waals surface area contributed by atoms with Crippen LogP contribution >= 0.6 is 15.9 Å². The molecule has 0 bridgehead atoms. The zero-order valence-corrected chi connectivity index (χ0v) is 13.9. The van der Waals surface area contributed by atoms with Gasteiger partial charge in [0.05, 0.1) is 5.56 Å². The summed E-state index contributed by atoms with van der Waals surface area (Å²) >= 11 is 3.27. The highest BCUT2D eigenvalue weighted by Gasteiger charge is 2.17. The molecule has 0 aromatic heterocycles. The summed E-state index contributed by atoms with van der Waals surface area (Å²) in [4.78, 5) is 23.7. The van der Waals surface area contributed by atoms with Gasteiger partial charge in [-0.05, 0) is 51.8 Å². The second-order valence-corrected chi connectivity index (χ2v) is 5.76. The van der Waals surface area contributed by atoms with E-state index in [1.54, 1.807) is 42.5 Å². The molecule has 2 aromatic carbocycles. The number of amides is 1. The van der Waals surface area contributed by atoms with Crippen LogP contribution in [0.4, 0.5) is 0 Å². The largest absolute Gasteiger partial charge is 0.477 e. The topological polar surface area (TPSA) is 84.9 Å². The lowest BCUT2D eigenvalue weighted by Gasteiger charge is -2.08. The van der Waals surface area contributed by atoms with Crippen LogP contribution in [0.3, 0.4) is 0 Å². The van der Waals surface area contributed by atoms with Crippen LogP contribution in [0.2, 0.25) is 0 Å². The Bertz CT molecular complexity index is 847. The first kappa shape index (κ1) is 16.1. The predicted molar refractivity (Wildman–Crippen MR) is 89.8 cm³/mol. The van der Waals surface area contributed by atoms with E-state index in [1.807, 2.05) is 0 Å². The van der Waals surface area contributed by atoms with Gasteiger partial charge in [-0.3, -0.25) is 4.79 Å². The van der Waals surface area contributed by atoms with Crippen LogP contribution in [-0.2, 0) is 4.79 Å². The Hall–Kier alpha value is -2.80.